The topological polar surface area (TPSA) is 74.0 Å². The van der Waals surface area contributed by atoms with E-state index >= 15 is 0 Å². The molecule has 30 heavy (non-hydrogen) atoms. The number of hydrogen-bond acceptors (Lipinski definition) is 3. The molecule has 1 saturated carbocycles. The Bertz CT molecular complexity index is 843. The van der Waals surface area contributed by atoms with Crippen LogP contribution >= 0.6 is 11.6 Å². The lowest BCUT2D eigenvalue weighted by atomic mass is 10.0. The fourth-order valence-electron chi connectivity index (χ4n) is 4.06. The number of aliphatic imine (C=N–C) groups is 1. The van der Waals surface area contributed by atoms with E-state index in [0.717, 1.165) is 43.8 Å². The van der Waals surface area contributed by atoms with Crippen LogP contribution in [0.15, 0.2) is 29.3 Å². The molecule has 8 heteroatoms. The van der Waals surface area contributed by atoms with Gasteiger partial charge in [0.15, 0.2) is 0 Å². The van der Waals surface area contributed by atoms with E-state index in [0.29, 0.717) is 17.1 Å². The van der Waals surface area contributed by atoms with Crippen molar-refractivity contribution >= 4 is 23.5 Å². The second-order valence-electron chi connectivity index (χ2n) is 8.09. The second kappa shape index (κ2) is 9.79. The van der Waals surface area contributed by atoms with Crippen molar-refractivity contribution in [2.75, 3.05) is 33.7 Å². The van der Waals surface area contributed by atoms with Crippen molar-refractivity contribution in [2.24, 2.45) is 10.7 Å². The van der Waals surface area contributed by atoms with Crippen LogP contribution in [0.5, 0.6) is 0 Å². The normalized spacial score (nSPS) is 24.3. The number of hydrogen-bond donors (Lipinski definition) is 2. The Labute approximate surface area is 183 Å². The zero-order valence-corrected chi connectivity index (χ0v) is 18.6. The van der Waals surface area contributed by atoms with Gasteiger partial charge in [-0.2, -0.15) is 0 Å². The molecule has 0 bridgehead atoms. The number of amides is 2. The number of amidine groups is 1. The lowest BCUT2D eigenvalue weighted by Gasteiger charge is -2.38. The molecule has 0 aromatic heterocycles. The summed E-state index contributed by atoms with van der Waals surface area (Å²) in [5.74, 6) is 0.580. The second-order valence-corrected chi connectivity index (χ2v) is 8.50. The summed E-state index contributed by atoms with van der Waals surface area (Å²) in [6.45, 7) is 3.97. The van der Waals surface area contributed by atoms with E-state index in [1.807, 2.05) is 26.1 Å². The molecule has 3 N–H and O–H groups in total. The van der Waals surface area contributed by atoms with Crippen LogP contribution < -0.4 is 11.1 Å². The summed E-state index contributed by atoms with van der Waals surface area (Å²) in [4.78, 5) is 21.1. The van der Waals surface area contributed by atoms with Crippen molar-refractivity contribution in [3.8, 4) is 0 Å². The fraction of sp³-hybridized carbons (Fsp3) is 0.545. The first kappa shape index (κ1) is 22.6. The lowest BCUT2D eigenvalue weighted by Crippen LogP contribution is -2.52. The minimum absolute atomic E-state index is 0.00129. The first-order valence-electron chi connectivity index (χ1n) is 10.4. The van der Waals surface area contributed by atoms with E-state index in [9.17, 15) is 9.18 Å². The highest BCUT2D eigenvalue weighted by Crippen LogP contribution is 2.43. The van der Waals surface area contributed by atoms with Gasteiger partial charge in [0.05, 0.1) is 6.04 Å². The Morgan fingerprint density at radius 1 is 1.50 bits per heavy atom. The molecule has 0 radical (unpaired) electrons. The quantitative estimate of drug-likeness (QED) is 0.550. The van der Waals surface area contributed by atoms with Crippen molar-refractivity contribution in [1.29, 1.82) is 0 Å². The van der Waals surface area contributed by atoms with Crippen molar-refractivity contribution < 1.29 is 9.18 Å². The van der Waals surface area contributed by atoms with Crippen LogP contribution in [-0.4, -0.2) is 67.5 Å². The standard InChI is InChI=1S/C22H31ClFN5O/c1-14-10-16(19(24)12-18(14)23)17-11-20(17)27-22(30)28(3)15-6-5-9-29(13-15)21(26-2)7-4-8-25/h4,7,10,12,15,17,20H,5-6,8-9,11,13,25H2,1-3H3,(H,27,30)/b7-4-,26-21?/t15-,17-,20+/m1/s1. The summed E-state index contributed by atoms with van der Waals surface area (Å²) in [6, 6.07) is 3.08. The maximum absolute atomic E-state index is 14.3. The largest absolute Gasteiger partial charge is 0.355 e. The predicted molar refractivity (Wildman–Crippen MR) is 120 cm³/mol. The third kappa shape index (κ3) is 5.13. The molecule has 0 spiro atoms. The van der Waals surface area contributed by atoms with E-state index in [-0.39, 0.29) is 29.8 Å². The van der Waals surface area contributed by atoms with Gasteiger partial charge in [0.25, 0.3) is 0 Å². The third-order valence-electron chi connectivity index (χ3n) is 6.00. The van der Waals surface area contributed by atoms with Crippen LogP contribution in [0.4, 0.5) is 9.18 Å². The Morgan fingerprint density at radius 3 is 2.97 bits per heavy atom. The molecule has 1 aromatic rings. The van der Waals surface area contributed by atoms with Gasteiger partial charge in [-0.05, 0) is 49.5 Å². The SMILES string of the molecule is CN=C(/C=C\CN)N1CCC[C@@H](N(C)C(=O)N[C@H]2C[C@@H]2c2cc(C)c(Cl)cc2F)C1. The smallest absolute Gasteiger partial charge is 0.317 e. The van der Waals surface area contributed by atoms with Gasteiger partial charge in [-0.1, -0.05) is 23.7 Å². The van der Waals surface area contributed by atoms with Crippen molar-refractivity contribution in [2.45, 2.75) is 44.2 Å². The first-order valence-corrected chi connectivity index (χ1v) is 10.8. The zero-order valence-electron chi connectivity index (χ0n) is 17.9. The van der Waals surface area contributed by atoms with Crippen molar-refractivity contribution in [3.63, 3.8) is 0 Å². The Hall–Kier alpha value is -2.12. The number of benzene rings is 1. The third-order valence-corrected chi connectivity index (χ3v) is 6.40. The number of likely N-dealkylation sites (tertiary alicyclic amines) is 1. The summed E-state index contributed by atoms with van der Waals surface area (Å²) in [5, 5.41) is 3.49. The number of urea groups is 1. The van der Waals surface area contributed by atoms with Crippen molar-refractivity contribution in [1.82, 2.24) is 15.1 Å². The summed E-state index contributed by atoms with van der Waals surface area (Å²) >= 11 is 5.99. The fourth-order valence-corrected chi connectivity index (χ4v) is 4.21. The maximum Gasteiger partial charge on any atom is 0.317 e. The average Bonchev–Trinajstić information content (AvgIpc) is 3.49. The maximum atomic E-state index is 14.3. The van der Waals surface area contributed by atoms with E-state index in [1.54, 1.807) is 18.0 Å². The number of halogens is 2. The molecule has 1 heterocycles. The molecule has 3 rings (SSSR count). The summed E-state index contributed by atoms with van der Waals surface area (Å²) in [5.41, 5.74) is 7.03. The molecule has 2 amide bonds. The van der Waals surface area contributed by atoms with Gasteiger partial charge in [0.1, 0.15) is 11.7 Å². The number of nitrogens with two attached hydrogens (primary N) is 1. The molecule has 1 aliphatic carbocycles. The van der Waals surface area contributed by atoms with E-state index in [1.165, 1.54) is 6.07 Å². The number of piperidine rings is 1. The highest BCUT2D eigenvalue weighted by atomic mass is 35.5. The van der Waals surface area contributed by atoms with E-state index in [4.69, 9.17) is 17.3 Å². The van der Waals surface area contributed by atoms with Gasteiger partial charge < -0.3 is 20.9 Å². The monoisotopic (exact) mass is 435 g/mol. The molecule has 0 unspecified atom stereocenters. The number of rotatable bonds is 5. The molecular formula is C22H31ClFN5O. The molecule has 1 aromatic carbocycles. The molecule has 2 fully saturated rings. The Kier molecular flexibility index (Phi) is 7.36. The van der Waals surface area contributed by atoms with Crippen LogP contribution in [0.2, 0.25) is 5.02 Å². The highest BCUT2D eigenvalue weighted by molar-refractivity contribution is 6.31. The molecule has 1 saturated heterocycles. The summed E-state index contributed by atoms with van der Waals surface area (Å²) in [7, 11) is 3.59. The van der Waals surface area contributed by atoms with E-state index in [2.05, 4.69) is 15.2 Å². The van der Waals surface area contributed by atoms with Crippen LogP contribution in [0.25, 0.3) is 0 Å². The molecular weight excluding hydrogens is 405 g/mol. The van der Waals surface area contributed by atoms with Gasteiger partial charge >= 0.3 is 6.03 Å². The van der Waals surface area contributed by atoms with Crippen LogP contribution in [0, 0.1) is 12.7 Å². The molecule has 1 aliphatic heterocycles. The summed E-state index contributed by atoms with van der Waals surface area (Å²) < 4.78 is 14.3. The van der Waals surface area contributed by atoms with Crippen molar-refractivity contribution in [3.05, 3.63) is 46.3 Å². The number of nitrogens with zero attached hydrogens (tertiary/aromatic N) is 3. The van der Waals surface area contributed by atoms with Gasteiger partial charge in [-0.25, -0.2) is 9.18 Å². The number of carbonyl (C=O) groups excluding carboxylic acids is 1. The molecule has 3 atom stereocenters. The Balaban J connectivity index is 1.57. The van der Waals surface area contributed by atoms with Gasteiger partial charge in [0, 0.05) is 50.7 Å². The molecule has 164 valence electrons. The van der Waals surface area contributed by atoms with Crippen LogP contribution in [-0.2, 0) is 0 Å². The number of carbonyl (C=O) groups is 1. The molecule has 2 aliphatic rings. The number of nitrogens with one attached hydrogen (secondary N) is 1. The van der Waals surface area contributed by atoms with Gasteiger partial charge in [-0.3, -0.25) is 4.99 Å². The zero-order chi connectivity index (χ0) is 21.8. The highest BCUT2D eigenvalue weighted by Gasteiger charge is 2.42. The first-order chi connectivity index (χ1) is 14.3. The predicted octanol–water partition coefficient (Wildman–Crippen LogP) is 3.29. The average molecular weight is 436 g/mol. The lowest BCUT2D eigenvalue weighted by molar-refractivity contribution is 0.156. The number of likely N-dealkylation sites (N-methyl/N-ethyl adjacent to an activating group) is 1. The van der Waals surface area contributed by atoms with Gasteiger partial charge in [-0.15, -0.1) is 0 Å². The van der Waals surface area contributed by atoms with Gasteiger partial charge in [0.2, 0.25) is 0 Å². The number of aryl methyl sites for hydroxylation is 1. The van der Waals surface area contributed by atoms with E-state index < -0.39 is 0 Å². The van der Waals surface area contributed by atoms with Crippen LogP contribution in [0.1, 0.15) is 36.3 Å². The molecule has 6 nitrogen and oxygen atoms in total. The summed E-state index contributed by atoms with van der Waals surface area (Å²) in [6.07, 6.45) is 6.48. The minimum atomic E-state index is -0.305. The van der Waals surface area contributed by atoms with Crippen LogP contribution in [0.3, 0.4) is 0 Å². The Morgan fingerprint density at radius 2 is 2.27 bits per heavy atom. The minimum Gasteiger partial charge on any atom is -0.355 e.